The minimum absolute atomic E-state index is 0.0244. The number of nitrogens with zero attached hydrogens (tertiary/aromatic N) is 3. The Hall–Kier alpha value is -2.08. The summed E-state index contributed by atoms with van der Waals surface area (Å²) in [5.74, 6) is 2.06. The number of ether oxygens (including phenoxy) is 1. The average molecular weight is 390 g/mol. The maximum atomic E-state index is 12.5. The number of benzene rings is 1. The molecule has 2 fully saturated rings. The molecule has 0 N–H and O–H groups in total. The second-order valence-electron chi connectivity index (χ2n) is 7.43. The highest BCUT2D eigenvalue weighted by Gasteiger charge is 2.37. The molecule has 0 spiro atoms. The average Bonchev–Trinajstić information content (AvgIpc) is 3.29. The molecular weight excluding hydrogens is 366 g/mol. The highest BCUT2D eigenvalue weighted by Crippen LogP contribution is 2.32. The molecule has 2 aromatic rings. The zero-order chi connectivity index (χ0) is 18.8. The van der Waals surface area contributed by atoms with Crippen LogP contribution in [-0.4, -0.2) is 40.6 Å². The summed E-state index contributed by atoms with van der Waals surface area (Å²) >= 11 is 6.18. The molecule has 1 aromatic heterocycles. The summed E-state index contributed by atoms with van der Waals surface area (Å²) in [7, 11) is 1.59. The molecule has 0 radical (unpaired) electrons. The van der Waals surface area contributed by atoms with Crippen molar-refractivity contribution in [2.45, 2.75) is 56.9 Å². The molecule has 4 rings (SSSR count). The topological polar surface area (TPSA) is 68.5 Å². The van der Waals surface area contributed by atoms with Gasteiger partial charge in [-0.3, -0.25) is 4.79 Å². The van der Waals surface area contributed by atoms with E-state index in [1.807, 2.05) is 23.1 Å². The Morgan fingerprint density at radius 2 is 2.11 bits per heavy atom. The molecule has 144 valence electrons. The summed E-state index contributed by atoms with van der Waals surface area (Å²) < 4.78 is 10.6. The molecular formula is C20H24ClN3O3. The largest absolute Gasteiger partial charge is 0.495 e. The van der Waals surface area contributed by atoms with Crippen molar-refractivity contribution in [3.05, 3.63) is 40.5 Å². The highest BCUT2D eigenvalue weighted by molar-refractivity contribution is 6.32. The molecule has 27 heavy (non-hydrogen) atoms. The third kappa shape index (κ3) is 3.95. The van der Waals surface area contributed by atoms with Gasteiger partial charge in [0, 0.05) is 24.9 Å². The van der Waals surface area contributed by atoms with Crippen LogP contribution in [-0.2, 0) is 11.2 Å². The number of hydrogen-bond donors (Lipinski definition) is 0. The van der Waals surface area contributed by atoms with Crippen LogP contribution in [0, 0.1) is 0 Å². The Kier molecular flexibility index (Phi) is 5.34. The van der Waals surface area contributed by atoms with Gasteiger partial charge in [0.05, 0.1) is 18.6 Å². The molecule has 1 atom stereocenters. The molecule has 2 aliphatic rings. The molecule has 0 unspecified atom stereocenters. The Bertz CT molecular complexity index is 817. The molecule has 1 aliphatic heterocycles. The molecule has 2 heterocycles. The fourth-order valence-corrected chi connectivity index (χ4v) is 4.43. The van der Waals surface area contributed by atoms with Crippen LogP contribution >= 0.6 is 11.6 Å². The second kappa shape index (κ2) is 7.89. The maximum Gasteiger partial charge on any atom is 0.231 e. The van der Waals surface area contributed by atoms with Crippen LogP contribution in [0.3, 0.4) is 0 Å². The van der Waals surface area contributed by atoms with E-state index in [0.29, 0.717) is 47.9 Å². The first kappa shape index (κ1) is 18.3. The van der Waals surface area contributed by atoms with Crippen LogP contribution < -0.4 is 4.74 Å². The Labute approximate surface area is 163 Å². The van der Waals surface area contributed by atoms with Gasteiger partial charge in [0.15, 0.2) is 5.82 Å². The molecule has 6 nitrogen and oxygen atoms in total. The molecule has 1 aromatic carbocycles. The predicted octanol–water partition coefficient (Wildman–Crippen LogP) is 3.97. The number of carbonyl (C=O) groups excluding carboxylic acids is 1. The monoisotopic (exact) mass is 389 g/mol. The van der Waals surface area contributed by atoms with Gasteiger partial charge < -0.3 is 14.2 Å². The molecule has 7 heteroatoms. The Morgan fingerprint density at radius 1 is 1.30 bits per heavy atom. The van der Waals surface area contributed by atoms with Crippen LogP contribution in [0.15, 0.2) is 22.7 Å². The number of likely N-dealkylation sites (tertiary alicyclic amines) is 1. The van der Waals surface area contributed by atoms with Gasteiger partial charge in [0.25, 0.3) is 0 Å². The van der Waals surface area contributed by atoms with Gasteiger partial charge in [0.1, 0.15) is 5.75 Å². The van der Waals surface area contributed by atoms with Crippen LogP contribution in [0.5, 0.6) is 5.75 Å². The van der Waals surface area contributed by atoms with E-state index in [1.54, 1.807) is 7.11 Å². The molecule has 0 bridgehead atoms. The van der Waals surface area contributed by atoms with Gasteiger partial charge in [-0.25, -0.2) is 0 Å². The standard InChI is InChI=1S/C20H24ClN3O3/c1-26-17-8-7-13(9-16(17)21)10-18-22-20(23-27-18)14-11-19(25)24(12-14)15-5-3-2-4-6-15/h7-9,14-15H,2-6,10-12H2,1H3/t14-/m0/s1. The smallest absolute Gasteiger partial charge is 0.231 e. The van der Waals surface area contributed by atoms with Gasteiger partial charge in [-0.05, 0) is 30.5 Å². The van der Waals surface area contributed by atoms with Crippen molar-refractivity contribution in [2.75, 3.05) is 13.7 Å². The number of amides is 1. The minimum atomic E-state index is 0.0244. The number of rotatable bonds is 5. The normalized spacial score (nSPS) is 21.0. The quantitative estimate of drug-likeness (QED) is 0.773. The van der Waals surface area contributed by atoms with Crippen molar-refractivity contribution >= 4 is 17.5 Å². The molecule has 1 amide bonds. The first-order valence-corrected chi connectivity index (χ1v) is 9.96. The van der Waals surface area contributed by atoms with Crippen molar-refractivity contribution in [3.8, 4) is 5.75 Å². The summed E-state index contributed by atoms with van der Waals surface area (Å²) in [5, 5.41) is 4.70. The van der Waals surface area contributed by atoms with E-state index >= 15 is 0 Å². The van der Waals surface area contributed by atoms with Crippen molar-refractivity contribution < 1.29 is 14.1 Å². The number of hydrogen-bond acceptors (Lipinski definition) is 5. The lowest BCUT2D eigenvalue weighted by molar-refractivity contribution is -0.130. The van der Waals surface area contributed by atoms with E-state index in [-0.39, 0.29) is 11.8 Å². The van der Waals surface area contributed by atoms with Gasteiger partial charge in [-0.15, -0.1) is 0 Å². The van der Waals surface area contributed by atoms with Crippen molar-refractivity contribution in [1.82, 2.24) is 15.0 Å². The van der Waals surface area contributed by atoms with E-state index in [1.165, 1.54) is 19.3 Å². The number of carbonyl (C=O) groups is 1. The molecule has 1 aliphatic carbocycles. The first-order valence-electron chi connectivity index (χ1n) is 9.58. The summed E-state index contributed by atoms with van der Waals surface area (Å²) in [6.07, 6.45) is 6.94. The van der Waals surface area contributed by atoms with E-state index < -0.39 is 0 Å². The van der Waals surface area contributed by atoms with Crippen molar-refractivity contribution in [1.29, 1.82) is 0 Å². The summed E-state index contributed by atoms with van der Waals surface area (Å²) in [5.41, 5.74) is 0.974. The summed E-state index contributed by atoms with van der Waals surface area (Å²) in [4.78, 5) is 19.1. The lowest BCUT2D eigenvalue weighted by Crippen LogP contribution is -2.37. The fraction of sp³-hybridized carbons (Fsp3) is 0.550. The first-order chi connectivity index (χ1) is 13.1. The lowest BCUT2D eigenvalue weighted by Gasteiger charge is -2.31. The van der Waals surface area contributed by atoms with Gasteiger partial charge >= 0.3 is 0 Å². The fourth-order valence-electron chi connectivity index (χ4n) is 4.15. The zero-order valence-corrected chi connectivity index (χ0v) is 16.2. The Morgan fingerprint density at radius 3 is 2.85 bits per heavy atom. The summed E-state index contributed by atoms with van der Waals surface area (Å²) in [6, 6.07) is 5.99. The zero-order valence-electron chi connectivity index (χ0n) is 15.5. The van der Waals surface area contributed by atoms with Gasteiger partial charge in [-0.2, -0.15) is 4.98 Å². The number of methoxy groups -OCH3 is 1. The van der Waals surface area contributed by atoms with Gasteiger partial charge in [0.2, 0.25) is 11.8 Å². The second-order valence-corrected chi connectivity index (χ2v) is 7.84. The molecule has 1 saturated carbocycles. The van der Waals surface area contributed by atoms with E-state index in [0.717, 1.165) is 18.4 Å². The lowest BCUT2D eigenvalue weighted by atomic mass is 9.94. The van der Waals surface area contributed by atoms with Crippen LogP contribution in [0.1, 0.15) is 61.7 Å². The highest BCUT2D eigenvalue weighted by atomic mass is 35.5. The molecule has 1 saturated heterocycles. The van der Waals surface area contributed by atoms with Crippen LogP contribution in [0.4, 0.5) is 0 Å². The van der Waals surface area contributed by atoms with Crippen LogP contribution in [0.25, 0.3) is 0 Å². The Balaban J connectivity index is 1.42. The maximum absolute atomic E-state index is 12.5. The van der Waals surface area contributed by atoms with Gasteiger partial charge in [-0.1, -0.05) is 42.1 Å². The number of halogens is 1. The predicted molar refractivity (Wildman–Crippen MR) is 101 cm³/mol. The third-order valence-corrected chi connectivity index (χ3v) is 5.89. The third-order valence-electron chi connectivity index (χ3n) is 5.59. The number of aromatic nitrogens is 2. The minimum Gasteiger partial charge on any atom is -0.495 e. The summed E-state index contributed by atoms with van der Waals surface area (Å²) in [6.45, 7) is 0.705. The van der Waals surface area contributed by atoms with Crippen LogP contribution in [0.2, 0.25) is 5.02 Å². The van der Waals surface area contributed by atoms with E-state index in [4.69, 9.17) is 20.9 Å². The van der Waals surface area contributed by atoms with E-state index in [9.17, 15) is 4.79 Å². The van der Waals surface area contributed by atoms with Crippen molar-refractivity contribution in [3.63, 3.8) is 0 Å². The SMILES string of the molecule is COc1ccc(Cc2nc([C@H]3CC(=O)N(C4CCCCC4)C3)no2)cc1Cl. The van der Waals surface area contributed by atoms with Crippen molar-refractivity contribution in [2.24, 2.45) is 0 Å². The van der Waals surface area contributed by atoms with E-state index in [2.05, 4.69) is 10.1 Å².